The van der Waals surface area contributed by atoms with Crippen molar-refractivity contribution < 1.29 is 4.52 Å². The number of hydrogen-bond donors (Lipinski definition) is 1. The quantitative estimate of drug-likeness (QED) is 0.755. The van der Waals surface area contributed by atoms with Crippen molar-refractivity contribution in [2.75, 3.05) is 11.9 Å². The maximum absolute atomic E-state index is 5.15. The number of anilines is 1. The number of nitrogens with zero attached hydrogens (tertiary/aromatic N) is 2. The zero-order chi connectivity index (χ0) is 12.6. The third-order valence-corrected chi connectivity index (χ3v) is 2.76. The highest BCUT2D eigenvalue weighted by molar-refractivity contribution is 5.54. The van der Waals surface area contributed by atoms with Crippen LogP contribution in [0.15, 0.2) is 34.9 Å². The van der Waals surface area contributed by atoms with Crippen molar-refractivity contribution in [2.24, 2.45) is 0 Å². The Kier molecular flexibility index (Phi) is 4.76. The molecule has 0 radical (unpaired) electrons. The van der Waals surface area contributed by atoms with E-state index in [1.807, 2.05) is 30.3 Å². The number of nitrogens with one attached hydrogen (secondary N) is 1. The lowest BCUT2D eigenvalue weighted by Gasteiger charge is -1.99. The maximum Gasteiger partial charge on any atom is 0.321 e. The first-order valence-corrected chi connectivity index (χ1v) is 6.53. The van der Waals surface area contributed by atoms with Gasteiger partial charge >= 0.3 is 6.01 Å². The Labute approximate surface area is 107 Å². The van der Waals surface area contributed by atoms with Crippen LogP contribution in [0.4, 0.5) is 6.01 Å². The second kappa shape index (κ2) is 6.79. The molecule has 18 heavy (non-hydrogen) atoms. The lowest BCUT2D eigenvalue weighted by atomic mass is 10.2. The molecule has 0 aliphatic carbocycles. The predicted molar refractivity (Wildman–Crippen MR) is 72.4 cm³/mol. The number of hydrogen-bond acceptors (Lipinski definition) is 4. The van der Waals surface area contributed by atoms with Gasteiger partial charge in [-0.2, -0.15) is 4.98 Å². The van der Waals surface area contributed by atoms with Crippen LogP contribution in [0.1, 0.15) is 32.6 Å². The number of aromatic nitrogens is 2. The van der Waals surface area contributed by atoms with Gasteiger partial charge in [0.25, 0.3) is 0 Å². The minimum absolute atomic E-state index is 0.505. The molecule has 0 saturated carbocycles. The van der Waals surface area contributed by atoms with Gasteiger partial charge < -0.3 is 9.84 Å². The van der Waals surface area contributed by atoms with Gasteiger partial charge in [0.1, 0.15) is 0 Å². The van der Waals surface area contributed by atoms with Crippen LogP contribution in [0.3, 0.4) is 0 Å². The summed E-state index contributed by atoms with van der Waals surface area (Å²) in [5.74, 6) is 0.631. The lowest BCUT2D eigenvalue weighted by molar-refractivity contribution is 0.431. The maximum atomic E-state index is 5.15. The van der Waals surface area contributed by atoms with E-state index in [0.717, 1.165) is 18.5 Å². The molecule has 4 heteroatoms. The van der Waals surface area contributed by atoms with Gasteiger partial charge in [0.15, 0.2) is 0 Å². The fourth-order valence-electron chi connectivity index (χ4n) is 1.75. The van der Waals surface area contributed by atoms with Gasteiger partial charge in [-0.3, -0.25) is 0 Å². The minimum Gasteiger partial charge on any atom is -0.338 e. The molecule has 0 fully saturated rings. The first-order valence-electron chi connectivity index (χ1n) is 6.53. The Hall–Kier alpha value is -1.84. The van der Waals surface area contributed by atoms with Crippen LogP contribution in [0.5, 0.6) is 0 Å². The highest BCUT2D eigenvalue weighted by Gasteiger charge is 2.06. The molecule has 0 atom stereocenters. The summed E-state index contributed by atoms with van der Waals surface area (Å²) in [6.45, 7) is 3.09. The Balaban J connectivity index is 1.83. The van der Waals surface area contributed by atoms with Crippen LogP contribution < -0.4 is 5.32 Å². The van der Waals surface area contributed by atoms with Crippen LogP contribution in [0, 0.1) is 0 Å². The predicted octanol–water partition coefficient (Wildman–Crippen LogP) is 3.73. The van der Waals surface area contributed by atoms with E-state index >= 15 is 0 Å². The fourth-order valence-corrected chi connectivity index (χ4v) is 1.75. The number of benzene rings is 1. The molecule has 0 amide bonds. The molecule has 0 aliphatic heterocycles. The molecule has 1 heterocycles. The van der Waals surface area contributed by atoms with Crippen LogP contribution in [0.25, 0.3) is 11.4 Å². The summed E-state index contributed by atoms with van der Waals surface area (Å²) in [5, 5.41) is 7.11. The third-order valence-electron chi connectivity index (χ3n) is 2.76. The average Bonchev–Trinajstić information content (AvgIpc) is 2.88. The SMILES string of the molecule is CCCCCCNc1nc(-c2ccccc2)no1. The smallest absolute Gasteiger partial charge is 0.321 e. The van der Waals surface area contributed by atoms with Crippen molar-refractivity contribution in [3.05, 3.63) is 30.3 Å². The summed E-state index contributed by atoms with van der Waals surface area (Å²) >= 11 is 0. The third kappa shape index (κ3) is 3.58. The number of rotatable bonds is 7. The monoisotopic (exact) mass is 245 g/mol. The van der Waals surface area contributed by atoms with E-state index < -0.39 is 0 Å². The molecule has 96 valence electrons. The van der Waals surface area contributed by atoms with E-state index in [1.54, 1.807) is 0 Å². The molecule has 0 spiro atoms. The van der Waals surface area contributed by atoms with Crippen molar-refractivity contribution in [3.63, 3.8) is 0 Å². The average molecular weight is 245 g/mol. The van der Waals surface area contributed by atoms with E-state index in [2.05, 4.69) is 22.4 Å². The van der Waals surface area contributed by atoms with Crippen LogP contribution in [-0.2, 0) is 0 Å². The highest BCUT2D eigenvalue weighted by Crippen LogP contribution is 2.16. The molecular weight excluding hydrogens is 226 g/mol. The molecule has 0 unspecified atom stereocenters. The Bertz CT molecular complexity index is 453. The van der Waals surface area contributed by atoms with E-state index in [-0.39, 0.29) is 0 Å². The largest absolute Gasteiger partial charge is 0.338 e. The summed E-state index contributed by atoms with van der Waals surface area (Å²) in [5.41, 5.74) is 0.972. The van der Waals surface area contributed by atoms with Crippen molar-refractivity contribution in [2.45, 2.75) is 32.6 Å². The second-order valence-corrected chi connectivity index (χ2v) is 4.28. The fraction of sp³-hybridized carbons (Fsp3) is 0.429. The van der Waals surface area contributed by atoms with E-state index in [0.29, 0.717) is 11.8 Å². The summed E-state index contributed by atoms with van der Waals surface area (Å²) < 4.78 is 5.15. The van der Waals surface area contributed by atoms with Gasteiger partial charge in [-0.1, -0.05) is 61.7 Å². The first-order chi connectivity index (χ1) is 8.90. The summed E-state index contributed by atoms with van der Waals surface area (Å²) in [6.07, 6.45) is 4.90. The van der Waals surface area contributed by atoms with Crippen LogP contribution >= 0.6 is 0 Å². The van der Waals surface area contributed by atoms with Crippen LogP contribution in [-0.4, -0.2) is 16.7 Å². The lowest BCUT2D eigenvalue weighted by Crippen LogP contribution is -2.01. The summed E-state index contributed by atoms with van der Waals surface area (Å²) in [4.78, 5) is 4.31. The molecule has 0 saturated heterocycles. The van der Waals surface area contributed by atoms with Gasteiger partial charge in [0.2, 0.25) is 5.82 Å². The Morgan fingerprint density at radius 1 is 1.11 bits per heavy atom. The summed E-state index contributed by atoms with van der Waals surface area (Å²) in [7, 11) is 0. The molecule has 1 aromatic carbocycles. The van der Waals surface area contributed by atoms with Crippen molar-refractivity contribution >= 4 is 6.01 Å². The Morgan fingerprint density at radius 2 is 1.94 bits per heavy atom. The van der Waals surface area contributed by atoms with Crippen molar-refractivity contribution in [3.8, 4) is 11.4 Å². The molecule has 1 N–H and O–H groups in total. The van der Waals surface area contributed by atoms with Gasteiger partial charge in [-0.15, -0.1) is 0 Å². The standard InChI is InChI=1S/C14H19N3O/c1-2-3-4-8-11-15-14-16-13(17-18-14)12-9-6-5-7-10-12/h5-7,9-10H,2-4,8,11H2,1H3,(H,15,16,17). The van der Waals surface area contributed by atoms with Crippen LogP contribution in [0.2, 0.25) is 0 Å². The molecule has 4 nitrogen and oxygen atoms in total. The Morgan fingerprint density at radius 3 is 2.72 bits per heavy atom. The normalized spacial score (nSPS) is 10.5. The van der Waals surface area contributed by atoms with E-state index in [4.69, 9.17) is 4.52 Å². The van der Waals surface area contributed by atoms with Gasteiger partial charge in [-0.05, 0) is 6.42 Å². The molecule has 1 aromatic heterocycles. The first kappa shape index (κ1) is 12.6. The highest BCUT2D eigenvalue weighted by atomic mass is 16.5. The molecular formula is C14H19N3O. The van der Waals surface area contributed by atoms with E-state index in [9.17, 15) is 0 Å². The van der Waals surface area contributed by atoms with E-state index in [1.165, 1.54) is 19.3 Å². The number of unbranched alkanes of at least 4 members (excludes halogenated alkanes) is 3. The molecule has 0 aliphatic rings. The zero-order valence-electron chi connectivity index (χ0n) is 10.7. The zero-order valence-corrected chi connectivity index (χ0v) is 10.7. The van der Waals surface area contributed by atoms with Crippen molar-refractivity contribution in [1.82, 2.24) is 10.1 Å². The molecule has 2 rings (SSSR count). The van der Waals surface area contributed by atoms with Gasteiger partial charge in [0.05, 0.1) is 0 Å². The van der Waals surface area contributed by atoms with Gasteiger partial charge in [-0.25, -0.2) is 0 Å². The second-order valence-electron chi connectivity index (χ2n) is 4.28. The minimum atomic E-state index is 0.505. The molecule has 0 bridgehead atoms. The van der Waals surface area contributed by atoms with Crippen molar-refractivity contribution in [1.29, 1.82) is 0 Å². The molecule has 2 aromatic rings. The van der Waals surface area contributed by atoms with Gasteiger partial charge in [0, 0.05) is 12.1 Å². The topological polar surface area (TPSA) is 51.0 Å². The summed E-state index contributed by atoms with van der Waals surface area (Å²) in [6, 6.07) is 10.3.